The van der Waals surface area contributed by atoms with Crippen molar-refractivity contribution in [1.29, 1.82) is 0 Å². The van der Waals surface area contributed by atoms with Gasteiger partial charge in [0.15, 0.2) is 0 Å². The third-order valence-corrected chi connectivity index (χ3v) is 3.39. The van der Waals surface area contributed by atoms with E-state index in [0.717, 1.165) is 42.5 Å². The number of nitrogens with zero attached hydrogens (tertiary/aromatic N) is 2. The lowest BCUT2D eigenvalue weighted by Crippen LogP contribution is -2.35. The van der Waals surface area contributed by atoms with E-state index in [-0.39, 0.29) is 11.9 Å². The number of rotatable bonds is 4. The molecule has 0 aliphatic carbocycles. The number of aromatic nitrogens is 1. The Balaban J connectivity index is 2.08. The van der Waals surface area contributed by atoms with Gasteiger partial charge < -0.3 is 15.3 Å². The molecule has 1 saturated heterocycles. The van der Waals surface area contributed by atoms with Crippen LogP contribution in [0.4, 0.5) is 5.82 Å². The molecule has 1 fully saturated rings. The van der Waals surface area contributed by atoms with Gasteiger partial charge in [0, 0.05) is 38.3 Å². The smallest absolute Gasteiger partial charge is 0.328 e. The first kappa shape index (κ1) is 15.0. The Morgan fingerprint density at radius 1 is 1.52 bits per heavy atom. The Kier molecular flexibility index (Phi) is 4.57. The lowest BCUT2D eigenvalue weighted by atomic mass is 10.2. The largest absolute Gasteiger partial charge is 0.478 e. The topological polar surface area (TPSA) is 82.5 Å². The molecular weight excluding hydrogens is 270 g/mol. The van der Waals surface area contributed by atoms with Crippen molar-refractivity contribution < 1.29 is 14.7 Å². The van der Waals surface area contributed by atoms with Gasteiger partial charge in [-0.25, -0.2) is 9.78 Å². The number of carbonyl (C=O) groups excluding carboxylic acids is 1. The molecule has 1 amide bonds. The van der Waals surface area contributed by atoms with E-state index in [2.05, 4.69) is 15.2 Å². The Hall–Kier alpha value is -2.37. The first-order valence-corrected chi connectivity index (χ1v) is 6.85. The Bertz CT molecular complexity index is 584. The Morgan fingerprint density at radius 2 is 2.29 bits per heavy atom. The molecule has 1 unspecified atom stereocenters. The number of carboxylic acid groups (broad SMARTS) is 1. The highest BCUT2D eigenvalue weighted by molar-refractivity contribution is 5.85. The molecular formula is C15H19N3O3. The van der Waals surface area contributed by atoms with E-state index in [1.54, 1.807) is 6.20 Å². The van der Waals surface area contributed by atoms with E-state index in [1.807, 2.05) is 13.0 Å². The van der Waals surface area contributed by atoms with Crippen LogP contribution in [0, 0.1) is 6.92 Å². The summed E-state index contributed by atoms with van der Waals surface area (Å²) in [7, 11) is 0. The maximum absolute atomic E-state index is 11.1. The SMILES string of the molecule is CC(=O)NC1CCN(c2ncc(/C=C/C(=O)O)cc2C)C1. The fourth-order valence-corrected chi connectivity index (χ4v) is 2.54. The van der Waals surface area contributed by atoms with Crippen molar-refractivity contribution in [3.63, 3.8) is 0 Å². The highest BCUT2D eigenvalue weighted by Crippen LogP contribution is 2.23. The number of aryl methyl sites for hydroxylation is 1. The Morgan fingerprint density at radius 3 is 2.90 bits per heavy atom. The third kappa shape index (κ3) is 4.05. The second kappa shape index (κ2) is 6.39. The molecule has 2 heterocycles. The molecule has 6 heteroatoms. The van der Waals surface area contributed by atoms with Gasteiger partial charge in [-0.3, -0.25) is 4.79 Å². The number of pyridine rings is 1. The van der Waals surface area contributed by atoms with Crippen molar-refractivity contribution in [3.05, 3.63) is 29.5 Å². The average Bonchev–Trinajstić information content (AvgIpc) is 2.83. The van der Waals surface area contributed by atoms with Crippen molar-refractivity contribution >= 4 is 23.8 Å². The molecule has 2 rings (SSSR count). The molecule has 0 saturated carbocycles. The quantitative estimate of drug-likeness (QED) is 0.814. The molecule has 1 aromatic heterocycles. The van der Waals surface area contributed by atoms with E-state index in [1.165, 1.54) is 13.0 Å². The second-order valence-corrected chi connectivity index (χ2v) is 5.21. The van der Waals surface area contributed by atoms with E-state index in [9.17, 15) is 9.59 Å². The first-order chi connectivity index (χ1) is 9.95. The van der Waals surface area contributed by atoms with Crippen LogP contribution in [0.2, 0.25) is 0 Å². The van der Waals surface area contributed by atoms with Gasteiger partial charge in [0.05, 0.1) is 0 Å². The zero-order valence-corrected chi connectivity index (χ0v) is 12.2. The number of carboxylic acids is 1. The van der Waals surface area contributed by atoms with Crippen LogP contribution in [0.15, 0.2) is 18.3 Å². The van der Waals surface area contributed by atoms with E-state index in [4.69, 9.17) is 5.11 Å². The number of aliphatic carboxylic acids is 1. The van der Waals surface area contributed by atoms with Gasteiger partial charge in [0.1, 0.15) is 5.82 Å². The lowest BCUT2D eigenvalue weighted by molar-refractivity contribution is -0.131. The highest BCUT2D eigenvalue weighted by atomic mass is 16.4. The van der Waals surface area contributed by atoms with Crippen LogP contribution in [0.1, 0.15) is 24.5 Å². The van der Waals surface area contributed by atoms with Crippen molar-refractivity contribution in [3.8, 4) is 0 Å². The Labute approximate surface area is 123 Å². The predicted molar refractivity (Wildman–Crippen MR) is 80.1 cm³/mol. The molecule has 1 aromatic rings. The molecule has 0 spiro atoms. The van der Waals surface area contributed by atoms with Crippen LogP contribution >= 0.6 is 0 Å². The molecule has 21 heavy (non-hydrogen) atoms. The maximum atomic E-state index is 11.1. The molecule has 2 N–H and O–H groups in total. The minimum Gasteiger partial charge on any atom is -0.478 e. The van der Waals surface area contributed by atoms with Crippen molar-refractivity contribution in [2.75, 3.05) is 18.0 Å². The summed E-state index contributed by atoms with van der Waals surface area (Å²) in [4.78, 5) is 28.1. The van der Waals surface area contributed by atoms with Crippen LogP contribution < -0.4 is 10.2 Å². The number of hydrogen-bond donors (Lipinski definition) is 2. The number of carbonyl (C=O) groups is 2. The van der Waals surface area contributed by atoms with Gasteiger partial charge in [-0.15, -0.1) is 0 Å². The second-order valence-electron chi connectivity index (χ2n) is 5.21. The van der Waals surface area contributed by atoms with Crippen LogP contribution in [0.3, 0.4) is 0 Å². The number of amides is 1. The highest BCUT2D eigenvalue weighted by Gasteiger charge is 2.24. The standard InChI is InChI=1S/C15H19N3O3/c1-10-7-12(3-4-14(20)21)8-16-15(10)18-6-5-13(9-18)17-11(2)19/h3-4,7-8,13H,5-6,9H2,1-2H3,(H,17,19)(H,20,21)/b4-3+. The molecule has 6 nitrogen and oxygen atoms in total. The van der Waals surface area contributed by atoms with Crippen molar-refractivity contribution in [1.82, 2.24) is 10.3 Å². The van der Waals surface area contributed by atoms with Gasteiger partial charge in [0.2, 0.25) is 5.91 Å². The van der Waals surface area contributed by atoms with E-state index < -0.39 is 5.97 Å². The monoisotopic (exact) mass is 289 g/mol. The summed E-state index contributed by atoms with van der Waals surface area (Å²) in [6, 6.07) is 2.07. The molecule has 112 valence electrons. The molecule has 0 bridgehead atoms. The third-order valence-electron chi connectivity index (χ3n) is 3.39. The van der Waals surface area contributed by atoms with Crippen molar-refractivity contribution in [2.24, 2.45) is 0 Å². The van der Waals surface area contributed by atoms with Gasteiger partial charge in [0.25, 0.3) is 0 Å². The molecule has 0 aromatic carbocycles. The molecule has 0 radical (unpaired) electrons. The number of anilines is 1. The van der Waals surface area contributed by atoms with E-state index in [0.29, 0.717) is 0 Å². The first-order valence-electron chi connectivity index (χ1n) is 6.85. The zero-order valence-electron chi connectivity index (χ0n) is 12.2. The van der Waals surface area contributed by atoms with Gasteiger partial charge in [-0.2, -0.15) is 0 Å². The van der Waals surface area contributed by atoms with Crippen LogP contribution in [-0.4, -0.2) is 41.1 Å². The summed E-state index contributed by atoms with van der Waals surface area (Å²) in [6.07, 6.45) is 5.18. The van der Waals surface area contributed by atoms with Crippen LogP contribution in [0.25, 0.3) is 6.08 Å². The fourth-order valence-electron chi connectivity index (χ4n) is 2.54. The van der Waals surface area contributed by atoms with Crippen molar-refractivity contribution in [2.45, 2.75) is 26.3 Å². The minimum absolute atomic E-state index is 0.0133. The average molecular weight is 289 g/mol. The normalized spacial score (nSPS) is 18.2. The summed E-state index contributed by atoms with van der Waals surface area (Å²) in [5.74, 6) is -0.106. The lowest BCUT2D eigenvalue weighted by Gasteiger charge is -2.20. The maximum Gasteiger partial charge on any atom is 0.328 e. The zero-order chi connectivity index (χ0) is 15.4. The molecule has 1 atom stereocenters. The van der Waals surface area contributed by atoms with Crippen LogP contribution in [0.5, 0.6) is 0 Å². The number of hydrogen-bond acceptors (Lipinski definition) is 4. The molecule has 1 aliphatic heterocycles. The summed E-state index contributed by atoms with van der Waals surface area (Å²) >= 11 is 0. The number of nitrogens with one attached hydrogen (secondary N) is 1. The van der Waals surface area contributed by atoms with Gasteiger partial charge >= 0.3 is 5.97 Å². The van der Waals surface area contributed by atoms with E-state index >= 15 is 0 Å². The van der Waals surface area contributed by atoms with Gasteiger partial charge in [-0.05, 0) is 36.6 Å². The fraction of sp³-hybridized carbons (Fsp3) is 0.400. The predicted octanol–water partition coefficient (Wildman–Crippen LogP) is 1.20. The summed E-state index contributed by atoms with van der Waals surface area (Å²) in [5.41, 5.74) is 1.75. The van der Waals surface area contributed by atoms with Crippen LogP contribution in [-0.2, 0) is 9.59 Å². The summed E-state index contributed by atoms with van der Waals surface area (Å²) in [5, 5.41) is 11.5. The summed E-state index contributed by atoms with van der Waals surface area (Å²) in [6.45, 7) is 5.07. The van der Waals surface area contributed by atoms with Gasteiger partial charge in [-0.1, -0.05) is 0 Å². The minimum atomic E-state index is -0.977. The summed E-state index contributed by atoms with van der Waals surface area (Å²) < 4.78 is 0. The molecule has 1 aliphatic rings.